The fourth-order valence-corrected chi connectivity index (χ4v) is 2.12. The highest BCUT2D eigenvalue weighted by molar-refractivity contribution is 5.03. The fraction of sp³-hybridized carbons (Fsp3) is 0.800. The zero-order valence-electron chi connectivity index (χ0n) is 7.99. The summed E-state index contributed by atoms with van der Waals surface area (Å²) in [5.74, 6) is 1.09. The second-order valence-corrected chi connectivity index (χ2v) is 3.54. The number of allylic oxidation sites excluding steroid dienone is 1. The van der Waals surface area contributed by atoms with Crippen molar-refractivity contribution in [3.63, 3.8) is 0 Å². The molecule has 3 aliphatic rings. The minimum absolute atomic E-state index is 0.0682. The van der Waals surface area contributed by atoms with Gasteiger partial charge in [0.2, 0.25) is 0 Å². The lowest BCUT2D eigenvalue weighted by atomic mass is 9.90. The lowest BCUT2D eigenvalue weighted by Crippen LogP contribution is -2.19. The largest absolute Gasteiger partial charge is 0.381 e. The van der Waals surface area contributed by atoms with Gasteiger partial charge in [0.1, 0.15) is 0 Å². The van der Waals surface area contributed by atoms with Crippen molar-refractivity contribution in [2.75, 3.05) is 7.11 Å². The summed E-state index contributed by atoms with van der Waals surface area (Å²) in [4.78, 5) is 0. The summed E-state index contributed by atoms with van der Waals surface area (Å²) in [5.41, 5.74) is 0. The Kier molecular flexibility index (Phi) is 1.69. The molecule has 0 spiro atoms. The summed E-state index contributed by atoms with van der Waals surface area (Å²) in [6.07, 6.45) is 8.18. The van der Waals surface area contributed by atoms with Crippen LogP contribution in [0.1, 0.15) is 27.0 Å². The van der Waals surface area contributed by atoms with E-state index < -0.39 is 0 Å². The van der Waals surface area contributed by atoms with E-state index in [2.05, 4.69) is 12.2 Å². The van der Waals surface area contributed by atoms with E-state index in [4.69, 9.17) is 6.11 Å². The second-order valence-electron chi connectivity index (χ2n) is 3.54. The van der Waals surface area contributed by atoms with Crippen LogP contribution in [-0.4, -0.2) is 13.2 Å². The zero-order valence-corrected chi connectivity index (χ0v) is 6.99. The SMILES string of the molecule is [2H][C@@H]1C[C@H](OC)[C@H]2C=C[C@@H]1CC2. The van der Waals surface area contributed by atoms with Gasteiger partial charge in [-0.1, -0.05) is 12.2 Å². The molecule has 11 heavy (non-hydrogen) atoms. The highest BCUT2D eigenvalue weighted by Crippen LogP contribution is 2.35. The third kappa shape index (κ3) is 1.34. The van der Waals surface area contributed by atoms with Crippen LogP contribution in [0.5, 0.6) is 0 Å². The van der Waals surface area contributed by atoms with Crippen molar-refractivity contribution in [1.29, 1.82) is 0 Å². The number of fused-ring (bicyclic) bond motifs is 3. The highest BCUT2D eigenvalue weighted by Gasteiger charge is 2.27. The van der Waals surface area contributed by atoms with Gasteiger partial charge in [-0.05, 0) is 31.6 Å². The summed E-state index contributed by atoms with van der Waals surface area (Å²) in [6, 6.07) is 0. The van der Waals surface area contributed by atoms with E-state index in [1.165, 1.54) is 12.8 Å². The maximum Gasteiger partial charge on any atom is 0.0634 e. The minimum atomic E-state index is 0.0682. The van der Waals surface area contributed by atoms with Crippen LogP contribution < -0.4 is 0 Å². The van der Waals surface area contributed by atoms with E-state index in [1.54, 1.807) is 7.11 Å². The number of ether oxygens (including phenoxy) is 1. The first-order valence-electron chi connectivity index (χ1n) is 5.02. The molecule has 0 amide bonds. The molecule has 1 fully saturated rings. The Morgan fingerprint density at radius 3 is 2.91 bits per heavy atom. The van der Waals surface area contributed by atoms with Crippen LogP contribution in [0.3, 0.4) is 0 Å². The predicted octanol–water partition coefficient (Wildman–Crippen LogP) is 2.38. The summed E-state index contributed by atoms with van der Waals surface area (Å²) in [7, 11) is 1.77. The van der Waals surface area contributed by atoms with Crippen molar-refractivity contribution in [3.8, 4) is 0 Å². The molecule has 3 rings (SSSR count). The Labute approximate surface area is 69.8 Å². The predicted molar refractivity (Wildman–Crippen MR) is 45.4 cm³/mol. The lowest BCUT2D eigenvalue weighted by molar-refractivity contribution is 0.0642. The van der Waals surface area contributed by atoms with Crippen LogP contribution in [0.4, 0.5) is 0 Å². The van der Waals surface area contributed by atoms with Crippen molar-refractivity contribution >= 4 is 0 Å². The first kappa shape index (κ1) is 6.24. The first-order chi connectivity index (χ1) is 5.81. The van der Waals surface area contributed by atoms with Crippen molar-refractivity contribution in [1.82, 2.24) is 0 Å². The molecule has 0 unspecified atom stereocenters. The van der Waals surface area contributed by atoms with Gasteiger partial charge in [0, 0.05) is 14.4 Å². The number of hydrogen-bond donors (Lipinski definition) is 0. The summed E-state index contributed by atoms with van der Waals surface area (Å²) < 4.78 is 13.3. The molecule has 4 atom stereocenters. The molecule has 0 aromatic heterocycles. The molecule has 0 aromatic carbocycles. The van der Waals surface area contributed by atoms with Gasteiger partial charge in [0.25, 0.3) is 0 Å². The lowest BCUT2D eigenvalue weighted by Gasteiger charge is -2.21. The molecule has 1 nitrogen and oxygen atoms in total. The zero-order chi connectivity index (χ0) is 8.55. The number of hydrogen-bond acceptors (Lipinski definition) is 1. The normalized spacial score (nSPS) is 50.5. The van der Waals surface area contributed by atoms with Gasteiger partial charge >= 0.3 is 0 Å². The number of rotatable bonds is 1. The average molecular weight is 153 g/mol. The van der Waals surface area contributed by atoms with Crippen LogP contribution in [0.2, 0.25) is 0 Å². The molecule has 62 valence electrons. The standard InChI is InChI=1S/C10H16O/c1-11-10-7-4-8-2-5-9(10)6-3-8/h2,5,8-10H,3-4,6-7H2,1H3/t8-,9+,10+/m1/s1/i4D/t4-,8-,9+,10+. The Morgan fingerprint density at radius 2 is 2.27 bits per heavy atom. The van der Waals surface area contributed by atoms with Crippen LogP contribution in [0, 0.1) is 11.8 Å². The summed E-state index contributed by atoms with van der Waals surface area (Å²) >= 11 is 0. The first-order valence-corrected chi connectivity index (χ1v) is 4.44. The molecule has 0 radical (unpaired) electrons. The van der Waals surface area contributed by atoms with E-state index in [0.717, 1.165) is 6.42 Å². The quantitative estimate of drug-likeness (QED) is 0.525. The Bertz CT molecular complexity index is 190. The van der Waals surface area contributed by atoms with E-state index in [0.29, 0.717) is 17.9 Å². The van der Waals surface area contributed by atoms with Gasteiger partial charge in [0.15, 0.2) is 0 Å². The van der Waals surface area contributed by atoms with Crippen molar-refractivity contribution in [2.24, 2.45) is 11.8 Å². The van der Waals surface area contributed by atoms with Gasteiger partial charge in [-0.25, -0.2) is 0 Å². The maximum absolute atomic E-state index is 7.90. The molecule has 0 aliphatic heterocycles. The third-order valence-corrected chi connectivity index (χ3v) is 2.89. The molecular formula is C10H16O. The Balaban J connectivity index is 2.17. The van der Waals surface area contributed by atoms with Crippen LogP contribution in [0.15, 0.2) is 12.2 Å². The molecule has 2 bridgehead atoms. The fourth-order valence-electron chi connectivity index (χ4n) is 2.12. The van der Waals surface area contributed by atoms with Crippen molar-refractivity contribution in [2.45, 2.75) is 31.8 Å². The van der Waals surface area contributed by atoms with Gasteiger partial charge in [-0.15, -0.1) is 0 Å². The number of methoxy groups -OCH3 is 1. The summed E-state index contributed by atoms with van der Waals surface area (Å²) in [5, 5.41) is 0. The highest BCUT2D eigenvalue weighted by atomic mass is 16.5. The smallest absolute Gasteiger partial charge is 0.0634 e. The van der Waals surface area contributed by atoms with E-state index in [-0.39, 0.29) is 6.40 Å². The van der Waals surface area contributed by atoms with E-state index in [1.807, 2.05) is 0 Å². The minimum Gasteiger partial charge on any atom is -0.381 e. The Morgan fingerprint density at radius 1 is 1.36 bits per heavy atom. The van der Waals surface area contributed by atoms with Gasteiger partial charge in [-0.3, -0.25) is 0 Å². The molecule has 0 aromatic rings. The molecule has 1 saturated carbocycles. The summed E-state index contributed by atoms with van der Waals surface area (Å²) in [6.45, 7) is 0. The van der Waals surface area contributed by atoms with Crippen LogP contribution in [-0.2, 0) is 4.74 Å². The topological polar surface area (TPSA) is 9.23 Å². The molecule has 0 saturated heterocycles. The van der Waals surface area contributed by atoms with Crippen molar-refractivity contribution in [3.05, 3.63) is 12.2 Å². The third-order valence-electron chi connectivity index (χ3n) is 2.89. The van der Waals surface area contributed by atoms with Crippen LogP contribution in [0.25, 0.3) is 0 Å². The van der Waals surface area contributed by atoms with Crippen molar-refractivity contribution < 1.29 is 6.11 Å². The van der Waals surface area contributed by atoms with E-state index in [9.17, 15) is 0 Å². The maximum atomic E-state index is 7.90. The van der Waals surface area contributed by atoms with Gasteiger partial charge in [-0.2, -0.15) is 0 Å². The van der Waals surface area contributed by atoms with Gasteiger partial charge < -0.3 is 4.74 Å². The van der Waals surface area contributed by atoms with E-state index >= 15 is 0 Å². The molecule has 0 N–H and O–H groups in total. The average Bonchev–Trinajstić information content (AvgIpc) is 2.36. The molecule has 1 heteroatoms. The second kappa shape index (κ2) is 2.98. The van der Waals surface area contributed by atoms with Gasteiger partial charge in [0.05, 0.1) is 6.10 Å². The van der Waals surface area contributed by atoms with Crippen LogP contribution >= 0.6 is 0 Å². The Hall–Kier alpha value is -0.300. The molecular weight excluding hydrogens is 136 g/mol. The molecule has 0 heterocycles. The monoisotopic (exact) mass is 153 g/mol. The molecule has 3 aliphatic carbocycles.